The molecule has 1 saturated carbocycles. The topological polar surface area (TPSA) is 37.3 Å². The normalized spacial score (nSPS) is 33.8. The Hall–Kier alpha value is -0.810. The van der Waals surface area contributed by atoms with Crippen LogP contribution >= 0.6 is 0 Å². The lowest BCUT2D eigenvalue weighted by Gasteiger charge is -2.33. The molecule has 2 heteroatoms. The van der Waals surface area contributed by atoms with E-state index in [2.05, 4.69) is 12.8 Å². The van der Waals surface area contributed by atoms with E-state index in [9.17, 15) is 9.90 Å². The summed E-state index contributed by atoms with van der Waals surface area (Å²) in [5.74, 6) is 2.74. The fourth-order valence-corrected chi connectivity index (χ4v) is 1.78. The third-order valence-electron chi connectivity index (χ3n) is 2.88. The van der Waals surface area contributed by atoms with Crippen molar-refractivity contribution in [1.29, 1.82) is 0 Å². The van der Waals surface area contributed by atoms with Gasteiger partial charge < -0.3 is 5.11 Å². The lowest BCUT2D eigenvalue weighted by Crippen LogP contribution is -2.41. The molecule has 0 aromatic rings. The van der Waals surface area contributed by atoms with Gasteiger partial charge in [-0.25, -0.2) is 0 Å². The van der Waals surface area contributed by atoms with Crippen molar-refractivity contribution >= 4 is 5.78 Å². The maximum absolute atomic E-state index is 11.4. The maximum atomic E-state index is 11.4. The van der Waals surface area contributed by atoms with Crippen LogP contribution in [0.3, 0.4) is 0 Å². The van der Waals surface area contributed by atoms with Crippen LogP contribution in [-0.4, -0.2) is 16.5 Å². The highest BCUT2D eigenvalue weighted by molar-refractivity contribution is 5.88. The molecular weight excluding hydrogens is 164 g/mol. The fraction of sp³-hybridized carbons (Fsp3) is 0.727. The lowest BCUT2D eigenvalue weighted by atomic mass is 9.77. The van der Waals surface area contributed by atoms with Crippen LogP contribution in [0.15, 0.2) is 0 Å². The van der Waals surface area contributed by atoms with Crippen LogP contribution in [-0.2, 0) is 4.79 Å². The van der Waals surface area contributed by atoms with Gasteiger partial charge in [0, 0.05) is 0 Å². The summed E-state index contributed by atoms with van der Waals surface area (Å²) in [6.07, 6.45) is 8.10. The highest BCUT2D eigenvalue weighted by Crippen LogP contribution is 2.32. The molecule has 0 bridgehead atoms. The smallest absolute Gasteiger partial charge is 0.176 e. The molecule has 0 aromatic carbocycles. The Morgan fingerprint density at radius 2 is 2.15 bits per heavy atom. The predicted octanol–water partition coefficient (Wildman–Crippen LogP) is 1.52. The van der Waals surface area contributed by atoms with Crippen LogP contribution in [0.25, 0.3) is 0 Å². The SMILES string of the molecule is C#CCC(=O)C1(O)CCC(C)CC1. The van der Waals surface area contributed by atoms with Gasteiger partial charge in [-0.2, -0.15) is 0 Å². The minimum absolute atomic E-state index is 0.0604. The minimum atomic E-state index is -1.11. The number of aliphatic hydroxyl groups is 1. The Morgan fingerprint density at radius 1 is 1.62 bits per heavy atom. The summed E-state index contributed by atoms with van der Waals surface area (Å²) in [6, 6.07) is 0. The standard InChI is InChI=1S/C11H16O2/c1-3-4-10(12)11(13)7-5-9(2)6-8-11/h1,9,13H,4-8H2,2H3. The van der Waals surface area contributed by atoms with Crippen molar-refractivity contribution in [3.05, 3.63) is 0 Å². The molecule has 0 aromatic heterocycles. The number of terminal acetylenes is 1. The number of hydrogen-bond acceptors (Lipinski definition) is 2. The molecule has 0 saturated heterocycles. The third kappa shape index (κ3) is 2.32. The van der Waals surface area contributed by atoms with Crippen LogP contribution in [0.4, 0.5) is 0 Å². The zero-order valence-corrected chi connectivity index (χ0v) is 8.05. The fourth-order valence-electron chi connectivity index (χ4n) is 1.78. The van der Waals surface area contributed by atoms with Gasteiger partial charge in [-0.1, -0.05) is 12.8 Å². The average molecular weight is 180 g/mol. The zero-order valence-electron chi connectivity index (χ0n) is 8.05. The highest BCUT2D eigenvalue weighted by Gasteiger charge is 2.37. The first kappa shape index (κ1) is 10.3. The van der Waals surface area contributed by atoms with E-state index in [0.29, 0.717) is 18.8 Å². The van der Waals surface area contributed by atoms with E-state index >= 15 is 0 Å². The number of ketones is 1. The first-order valence-electron chi connectivity index (χ1n) is 4.77. The number of rotatable bonds is 2. The van der Waals surface area contributed by atoms with Crippen LogP contribution in [0.1, 0.15) is 39.0 Å². The van der Waals surface area contributed by atoms with Crippen LogP contribution in [0, 0.1) is 18.3 Å². The Kier molecular flexibility index (Phi) is 3.11. The molecular formula is C11H16O2. The second kappa shape index (κ2) is 3.93. The Bertz CT molecular complexity index is 229. The van der Waals surface area contributed by atoms with Gasteiger partial charge in [0.1, 0.15) is 5.60 Å². The molecule has 1 N–H and O–H groups in total. The third-order valence-corrected chi connectivity index (χ3v) is 2.88. The van der Waals surface area contributed by atoms with E-state index in [1.807, 2.05) is 0 Å². The first-order chi connectivity index (χ1) is 6.08. The summed E-state index contributed by atoms with van der Waals surface area (Å²) in [5, 5.41) is 9.94. The molecule has 0 amide bonds. The van der Waals surface area contributed by atoms with E-state index in [1.54, 1.807) is 0 Å². The second-order valence-electron chi connectivity index (χ2n) is 4.02. The van der Waals surface area contributed by atoms with Gasteiger partial charge in [0.15, 0.2) is 5.78 Å². The van der Waals surface area contributed by atoms with E-state index in [-0.39, 0.29) is 12.2 Å². The van der Waals surface area contributed by atoms with Gasteiger partial charge in [-0.15, -0.1) is 6.42 Å². The highest BCUT2D eigenvalue weighted by atomic mass is 16.3. The summed E-state index contributed by atoms with van der Waals surface area (Å²) in [5.41, 5.74) is -1.11. The first-order valence-corrected chi connectivity index (χ1v) is 4.77. The van der Waals surface area contributed by atoms with Crippen LogP contribution in [0.5, 0.6) is 0 Å². The Morgan fingerprint density at radius 3 is 2.62 bits per heavy atom. The molecule has 72 valence electrons. The molecule has 1 rings (SSSR count). The molecule has 2 nitrogen and oxygen atoms in total. The molecule has 1 fully saturated rings. The predicted molar refractivity (Wildman–Crippen MR) is 51.0 cm³/mol. The van der Waals surface area contributed by atoms with Gasteiger partial charge in [-0.05, 0) is 31.6 Å². The van der Waals surface area contributed by atoms with Gasteiger partial charge in [-0.3, -0.25) is 4.79 Å². The van der Waals surface area contributed by atoms with Gasteiger partial charge >= 0.3 is 0 Å². The van der Waals surface area contributed by atoms with Crippen LogP contribution in [0.2, 0.25) is 0 Å². The summed E-state index contributed by atoms with van der Waals surface area (Å²) in [7, 11) is 0. The molecule has 0 aliphatic heterocycles. The zero-order chi connectivity index (χ0) is 9.90. The van der Waals surface area contributed by atoms with E-state index in [0.717, 1.165) is 12.8 Å². The van der Waals surface area contributed by atoms with E-state index in [1.165, 1.54) is 0 Å². The quantitative estimate of drug-likeness (QED) is 0.654. The molecule has 0 atom stereocenters. The van der Waals surface area contributed by atoms with Gasteiger partial charge in [0.05, 0.1) is 6.42 Å². The van der Waals surface area contributed by atoms with Gasteiger partial charge in [0.25, 0.3) is 0 Å². The van der Waals surface area contributed by atoms with E-state index in [4.69, 9.17) is 6.42 Å². The average Bonchev–Trinajstić information content (AvgIpc) is 2.11. The van der Waals surface area contributed by atoms with Crippen LogP contribution < -0.4 is 0 Å². The molecule has 0 spiro atoms. The maximum Gasteiger partial charge on any atom is 0.176 e. The summed E-state index contributed by atoms with van der Waals surface area (Å²) >= 11 is 0. The number of hydrogen-bond donors (Lipinski definition) is 1. The Labute approximate surface area is 79.3 Å². The van der Waals surface area contributed by atoms with Crippen molar-refractivity contribution < 1.29 is 9.90 Å². The molecule has 0 radical (unpaired) electrons. The second-order valence-corrected chi connectivity index (χ2v) is 4.02. The Balaban J connectivity index is 2.57. The number of Topliss-reactive ketones (excluding diaryl/α,β-unsaturated/α-hetero) is 1. The van der Waals surface area contributed by atoms with Crippen molar-refractivity contribution in [1.82, 2.24) is 0 Å². The number of carbonyl (C=O) groups is 1. The van der Waals surface area contributed by atoms with Gasteiger partial charge in [0.2, 0.25) is 0 Å². The molecule has 0 heterocycles. The number of carbonyl (C=O) groups excluding carboxylic acids is 1. The molecule has 13 heavy (non-hydrogen) atoms. The van der Waals surface area contributed by atoms with Crippen molar-refractivity contribution in [2.24, 2.45) is 5.92 Å². The summed E-state index contributed by atoms with van der Waals surface area (Å²) in [6.45, 7) is 2.14. The minimum Gasteiger partial charge on any atom is -0.382 e. The monoisotopic (exact) mass is 180 g/mol. The molecule has 1 aliphatic carbocycles. The van der Waals surface area contributed by atoms with Crippen molar-refractivity contribution in [2.75, 3.05) is 0 Å². The van der Waals surface area contributed by atoms with Crippen molar-refractivity contribution in [2.45, 2.75) is 44.6 Å². The summed E-state index contributed by atoms with van der Waals surface area (Å²) < 4.78 is 0. The summed E-state index contributed by atoms with van der Waals surface area (Å²) in [4.78, 5) is 11.4. The lowest BCUT2D eigenvalue weighted by molar-refractivity contribution is -0.140. The molecule has 1 aliphatic rings. The molecule has 0 unspecified atom stereocenters. The van der Waals surface area contributed by atoms with Crippen molar-refractivity contribution in [3.63, 3.8) is 0 Å². The largest absolute Gasteiger partial charge is 0.382 e. The van der Waals surface area contributed by atoms with Crippen molar-refractivity contribution in [3.8, 4) is 12.3 Å². The van der Waals surface area contributed by atoms with E-state index < -0.39 is 5.60 Å².